The summed E-state index contributed by atoms with van der Waals surface area (Å²) < 4.78 is 16.4. The van der Waals surface area contributed by atoms with E-state index in [2.05, 4.69) is 15.8 Å². The van der Waals surface area contributed by atoms with Crippen LogP contribution < -0.4 is 25.0 Å². The molecule has 0 saturated heterocycles. The van der Waals surface area contributed by atoms with E-state index in [1.807, 2.05) is 22.6 Å². The van der Waals surface area contributed by atoms with Crippen LogP contribution in [0.3, 0.4) is 0 Å². The number of amides is 2. The number of carbonyl (C=O) groups excluding carboxylic acids is 2. The fraction of sp³-hybridized carbons (Fsp3) is 0.0800. The summed E-state index contributed by atoms with van der Waals surface area (Å²) in [6.45, 7) is 0.121. The Kier molecular flexibility index (Phi) is 7.51. The molecule has 3 aromatic rings. The fourth-order valence-corrected chi connectivity index (χ4v) is 3.79. The van der Waals surface area contributed by atoms with Gasteiger partial charge in [-0.2, -0.15) is 5.10 Å². The van der Waals surface area contributed by atoms with Gasteiger partial charge in [0.2, 0.25) is 6.79 Å². The van der Waals surface area contributed by atoms with Crippen molar-refractivity contribution in [1.82, 2.24) is 10.7 Å². The minimum Gasteiger partial charge on any atom is -0.504 e. The van der Waals surface area contributed by atoms with Crippen LogP contribution in [0.4, 0.5) is 0 Å². The Morgan fingerprint density at radius 1 is 1.06 bits per heavy atom. The van der Waals surface area contributed by atoms with Gasteiger partial charge in [-0.3, -0.25) is 9.59 Å². The van der Waals surface area contributed by atoms with Crippen molar-refractivity contribution in [2.45, 2.75) is 0 Å². The van der Waals surface area contributed by atoms with Crippen LogP contribution in [0.2, 0.25) is 0 Å². The minimum absolute atomic E-state index is 0.0202. The van der Waals surface area contributed by atoms with Gasteiger partial charge in [0.05, 0.1) is 16.9 Å². The van der Waals surface area contributed by atoms with E-state index in [0.29, 0.717) is 31.8 Å². The van der Waals surface area contributed by atoms with E-state index in [9.17, 15) is 14.7 Å². The first-order valence-corrected chi connectivity index (χ1v) is 11.4. The third-order valence-electron chi connectivity index (χ3n) is 4.89. The molecule has 0 saturated carbocycles. The summed E-state index contributed by atoms with van der Waals surface area (Å²) >= 11 is 1.96. The molecule has 0 fully saturated rings. The SMILES string of the molecule is COc1cc(/C=N/NC(=O)/C(=C\c2ccc3c(c2)OCO3)NC(=O)c2ccccc2)cc(I)c1O. The number of carbonyl (C=O) groups is 2. The molecule has 0 atom stereocenters. The summed E-state index contributed by atoms with van der Waals surface area (Å²) in [5.41, 5.74) is 4.01. The van der Waals surface area contributed by atoms with Gasteiger partial charge in [0.25, 0.3) is 11.8 Å². The molecular formula is C25H20IN3O6. The molecule has 0 bridgehead atoms. The van der Waals surface area contributed by atoms with E-state index in [0.717, 1.165) is 0 Å². The number of hydrogen-bond acceptors (Lipinski definition) is 7. The molecule has 1 heterocycles. The van der Waals surface area contributed by atoms with Gasteiger partial charge in [0.15, 0.2) is 23.0 Å². The molecule has 178 valence electrons. The van der Waals surface area contributed by atoms with Crippen LogP contribution in [0.5, 0.6) is 23.0 Å². The third kappa shape index (κ3) is 5.90. The maximum absolute atomic E-state index is 13.0. The molecule has 0 aliphatic carbocycles. The number of fused-ring (bicyclic) bond motifs is 1. The number of aromatic hydroxyl groups is 1. The van der Waals surface area contributed by atoms with Gasteiger partial charge in [-0.1, -0.05) is 24.3 Å². The Morgan fingerprint density at radius 2 is 1.83 bits per heavy atom. The van der Waals surface area contributed by atoms with Gasteiger partial charge < -0.3 is 24.6 Å². The second-order valence-electron chi connectivity index (χ2n) is 7.24. The average molecular weight is 585 g/mol. The molecule has 3 N–H and O–H groups in total. The van der Waals surface area contributed by atoms with E-state index in [1.165, 1.54) is 19.4 Å². The molecule has 0 unspecified atom stereocenters. The Morgan fingerprint density at radius 3 is 2.60 bits per heavy atom. The number of hydrogen-bond donors (Lipinski definition) is 3. The molecule has 1 aliphatic heterocycles. The summed E-state index contributed by atoms with van der Waals surface area (Å²) in [5, 5.41) is 16.6. The molecule has 10 heteroatoms. The van der Waals surface area contributed by atoms with Crippen molar-refractivity contribution in [1.29, 1.82) is 0 Å². The number of hydrazone groups is 1. The first kappa shape index (κ1) is 24.1. The lowest BCUT2D eigenvalue weighted by Crippen LogP contribution is -2.32. The Labute approximate surface area is 214 Å². The lowest BCUT2D eigenvalue weighted by Gasteiger charge is -2.10. The van der Waals surface area contributed by atoms with Crippen molar-refractivity contribution >= 4 is 46.7 Å². The smallest absolute Gasteiger partial charge is 0.287 e. The van der Waals surface area contributed by atoms with Crippen LogP contribution in [0.15, 0.2) is 71.5 Å². The summed E-state index contributed by atoms with van der Waals surface area (Å²) in [7, 11) is 1.44. The fourth-order valence-electron chi connectivity index (χ4n) is 3.16. The predicted molar refractivity (Wildman–Crippen MR) is 138 cm³/mol. The quantitative estimate of drug-likeness (QED) is 0.169. The van der Waals surface area contributed by atoms with Gasteiger partial charge in [-0.15, -0.1) is 0 Å². The number of halogens is 1. The molecule has 0 aromatic heterocycles. The highest BCUT2D eigenvalue weighted by atomic mass is 127. The van der Waals surface area contributed by atoms with Crippen molar-refractivity contribution in [2.75, 3.05) is 13.9 Å². The number of phenolic OH excluding ortho intramolecular Hbond substituents is 1. The largest absolute Gasteiger partial charge is 0.504 e. The molecule has 0 spiro atoms. The number of nitrogens with zero attached hydrogens (tertiary/aromatic N) is 1. The van der Waals surface area contributed by atoms with Gasteiger partial charge >= 0.3 is 0 Å². The second-order valence-corrected chi connectivity index (χ2v) is 8.41. The summed E-state index contributed by atoms with van der Waals surface area (Å²) in [5.74, 6) is 0.361. The van der Waals surface area contributed by atoms with E-state index >= 15 is 0 Å². The number of ether oxygens (including phenoxy) is 3. The summed E-state index contributed by atoms with van der Waals surface area (Å²) in [6.07, 6.45) is 2.92. The topological polar surface area (TPSA) is 118 Å². The summed E-state index contributed by atoms with van der Waals surface area (Å²) in [4.78, 5) is 25.7. The monoisotopic (exact) mass is 585 g/mol. The van der Waals surface area contributed by atoms with Crippen LogP contribution in [0, 0.1) is 3.57 Å². The normalized spacial score (nSPS) is 12.5. The zero-order valence-electron chi connectivity index (χ0n) is 18.4. The molecule has 0 radical (unpaired) electrons. The number of methoxy groups -OCH3 is 1. The van der Waals surface area contributed by atoms with Crippen LogP contribution in [-0.4, -0.2) is 37.0 Å². The van der Waals surface area contributed by atoms with Gasteiger partial charge in [0.1, 0.15) is 5.70 Å². The van der Waals surface area contributed by atoms with Gasteiger partial charge in [0, 0.05) is 5.56 Å². The van der Waals surface area contributed by atoms with Crippen molar-refractivity contribution in [3.8, 4) is 23.0 Å². The van der Waals surface area contributed by atoms with Gasteiger partial charge in [-0.25, -0.2) is 5.43 Å². The Hall–Kier alpha value is -4.06. The highest BCUT2D eigenvalue weighted by molar-refractivity contribution is 14.1. The number of rotatable bonds is 7. The summed E-state index contributed by atoms with van der Waals surface area (Å²) in [6, 6.07) is 17.0. The third-order valence-corrected chi connectivity index (χ3v) is 5.71. The molecular weight excluding hydrogens is 565 g/mol. The number of phenols is 1. The average Bonchev–Trinajstić information content (AvgIpc) is 3.34. The minimum atomic E-state index is -0.636. The van der Waals surface area contributed by atoms with Crippen molar-refractivity contribution in [3.05, 3.63) is 86.6 Å². The maximum Gasteiger partial charge on any atom is 0.287 e. The van der Waals surface area contributed by atoms with Crippen molar-refractivity contribution in [3.63, 3.8) is 0 Å². The van der Waals surface area contributed by atoms with Crippen LogP contribution in [-0.2, 0) is 4.79 Å². The van der Waals surface area contributed by atoms with Crippen LogP contribution >= 0.6 is 22.6 Å². The highest BCUT2D eigenvalue weighted by Gasteiger charge is 2.17. The lowest BCUT2D eigenvalue weighted by molar-refractivity contribution is -0.117. The molecule has 4 rings (SSSR count). The predicted octanol–water partition coefficient (Wildman–Crippen LogP) is 3.66. The van der Waals surface area contributed by atoms with Crippen LogP contribution in [0.1, 0.15) is 21.5 Å². The zero-order chi connectivity index (χ0) is 24.8. The van der Waals surface area contributed by atoms with E-state index in [1.54, 1.807) is 60.7 Å². The first-order valence-electron chi connectivity index (χ1n) is 10.3. The second kappa shape index (κ2) is 10.9. The molecule has 1 aliphatic rings. The number of benzene rings is 3. The Balaban J connectivity index is 1.56. The highest BCUT2D eigenvalue weighted by Crippen LogP contribution is 2.33. The maximum atomic E-state index is 13.0. The number of nitrogens with one attached hydrogen (secondary N) is 2. The Bertz CT molecular complexity index is 1320. The molecule has 3 aromatic carbocycles. The van der Waals surface area contributed by atoms with E-state index in [-0.39, 0.29) is 24.0 Å². The van der Waals surface area contributed by atoms with Crippen molar-refractivity contribution in [2.24, 2.45) is 5.10 Å². The van der Waals surface area contributed by atoms with E-state index in [4.69, 9.17) is 14.2 Å². The van der Waals surface area contributed by atoms with Crippen molar-refractivity contribution < 1.29 is 28.9 Å². The zero-order valence-corrected chi connectivity index (χ0v) is 20.6. The molecule has 35 heavy (non-hydrogen) atoms. The first-order chi connectivity index (χ1) is 16.9. The van der Waals surface area contributed by atoms with Crippen LogP contribution in [0.25, 0.3) is 6.08 Å². The van der Waals surface area contributed by atoms with E-state index < -0.39 is 11.8 Å². The standard InChI is InChI=1S/C25H20IN3O6/c1-33-22-12-16(9-18(26)23(22)30)13-27-29-25(32)19(28-24(31)17-5-3-2-4-6-17)10-15-7-8-20-21(11-15)35-14-34-20/h2-13,30H,14H2,1H3,(H,28,31)(H,29,32)/b19-10+,27-13+. The van der Waals surface area contributed by atoms with Gasteiger partial charge in [-0.05, 0) is 76.2 Å². The molecule has 9 nitrogen and oxygen atoms in total. The molecule has 2 amide bonds. The lowest BCUT2D eigenvalue weighted by atomic mass is 10.1.